The first-order valence-corrected chi connectivity index (χ1v) is 11.2. The molecule has 0 radical (unpaired) electrons. The summed E-state index contributed by atoms with van der Waals surface area (Å²) < 4.78 is 3.78. The molecule has 0 atom stereocenters. The Morgan fingerprint density at radius 3 is 2.48 bits per heavy atom. The molecule has 8 heteroatoms. The van der Waals surface area contributed by atoms with E-state index < -0.39 is 0 Å². The number of unbranched alkanes of at least 4 members (excludes halogenated alkanes) is 1. The van der Waals surface area contributed by atoms with E-state index in [1.807, 2.05) is 58.1 Å². The Kier molecular flexibility index (Phi) is 6.78. The monoisotopic (exact) mass is 432 g/mol. The van der Waals surface area contributed by atoms with Gasteiger partial charge in [0.15, 0.2) is 5.82 Å². The van der Waals surface area contributed by atoms with Crippen molar-refractivity contribution in [1.82, 2.24) is 24.5 Å². The third kappa shape index (κ3) is 5.21. The Bertz CT molecular complexity index is 1110. The van der Waals surface area contributed by atoms with Crippen LogP contribution in [0.5, 0.6) is 0 Å². The fourth-order valence-electron chi connectivity index (χ4n) is 3.17. The summed E-state index contributed by atoms with van der Waals surface area (Å²) in [6, 6.07) is 15.7. The van der Waals surface area contributed by atoms with Crippen LogP contribution in [0.2, 0.25) is 0 Å². The SMILES string of the molecule is CCCCc1ccc(NC(=O)CSc2nnc(-c3ccncc3)n2-n2cccc2)cc1. The molecule has 0 saturated carbocycles. The quantitative estimate of drug-likeness (QED) is 0.393. The maximum atomic E-state index is 12.5. The number of thioether (sulfide) groups is 1. The van der Waals surface area contributed by atoms with Crippen LogP contribution in [0, 0.1) is 0 Å². The zero-order chi connectivity index (χ0) is 21.5. The molecule has 1 N–H and O–H groups in total. The lowest BCUT2D eigenvalue weighted by Crippen LogP contribution is -2.15. The number of carbonyl (C=O) groups excluding carboxylic acids is 1. The van der Waals surface area contributed by atoms with E-state index in [0.717, 1.165) is 17.7 Å². The van der Waals surface area contributed by atoms with Crippen LogP contribution in [0.15, 0.2) is 78.5 Å². The standard InChI is InChI=1S/C23H24N6OS/c1-2-3-6-18-7-9-20(10-8-18)25-21(30)17-31-23-27-26-22(19-11-13-24-14-12-19)29(23)28-15-4-5-16-28/h4-5,7-16H,2-3,6,17H2,1H3,(H,25,30). The number of hydrogen-bond acceptors (Lipinski definition) is 5. The number of aryl methyl sites for hydroxylation is 1. The molecule has 1 amide bonds. The van der Waals surface area contributed by atoms with Gasteiger partial charge in [-0.3, -0.25) is 14.5 Å². The number of rotatable bonds is 9. The highest BCUT2D eigenvalue weighted by molar-refractivity contribution is 7.99. The minimum atomic E-state index is -0.0844. The third-order valence-corrected chi connectivity index (χ3v) is 5.68. The first-order valence-electron chi connectivity index (χ1n) is 10.3. The summed E-state index contributed by atoms with van der Waals surface area (Å²) in [5.41, 5.74) is 2.99. The lowest BCUT2D eigenvalue weighted by Gasteiger charge is -2.11. The zero-order valence-electron chi connectivity index (χ0n) is 17.3. The molecular formula is C23H24N6OS. The molecule has 0 fully saturated rings. The smallest absolute Gasteiger partial charge is 0.234 e. The highest BCUT2D eigenvalue weighted by atomic mass is 32.2. The first kappa shape index (κ1) is 20.9. The van der Waals surface area contributed by atoms with Crippen LogP contribution in [-0.2, 0) is 11.2 Å². The van der Waals surface area contributed by atoms with Crippen molar-refractivity contribution in [3.05, 3.63) is 78.9 Å². The van der Waals surface area contributed by atoms with Crippen molar-refractivity contribution < 1.29 is 4.79 Å². The molecule has 4 rings (SSSR count). The Morgan fingerprint density at radius 2 is 1.77 bits per heavy atom. The summed E-state index contributed by atoms with van der Waals surface area (Å²) in [7, 11) is 0. The Morgan fingerprint density at radius 1 is 1.03 bits per heavy atom. The number of hydrogen-bond donors (Lipinski definition) is 1. The molecule has 0 saturated heterocycles. The molecule has 0 unspecified atom stereocenters. The molecule has 3 aromatic heterocycles. The first-order chi connectivity index (χ1) is 15.2. The molecule has 0 aliphatic carbocycles. The molecule has 1 aromatic carbocycles. The van der Waals surface area contributed by atoms with Gasteiger partial charge in [0.1, 0.15) is 0 Å². The van der Waals surface area contributed by atoms with E-state index in [2.05, 4.69) is 39.6 Å². The molecule has 0 aliphatic heterocycles. The number of nitrogens with one attached hydrogen (secondary N) is 1. The third-order valence-electron chi connectivity index (χ3n) is 4.76. The predicted octanol–water partition coefficient (Wildman–Crippen LogP) is 4.53. The Balaban J connectivity index is 1.45. The fraction of sp³-hybridized carbons (Fsp3) is 0.217. The largest absolute Gasteiger partial charge is 0.325 e. The van der Waals surface area contributed by atoms with Crippen molar-refractivity contribution in [3.63, 3.8) is 0 Å². The van der Waals surface area contributed by atoms with Gasteiger partial charge < -0.3 is 5.32 Å². The summed E-state index contributed by atoms with van der Waals surface area (Å²) in [4.78, 5) is 16.6. The highest BCUT2D eigenvalue weighted by Crippen LogP contribution is 2.24. The molecule has 7 nitrogen and oxygen atoms in total. The van der Waals surface area contributed by atoms with Gasteiger partial charge in [0.05, 0.1) is 5.75 Å². The maximum Gasteiger partial charge on any atom is 0.234 e. The molecule has 158 valence electrons. The van der Waals surface area contributed by atoms with Gasteiger partial charge in [-0.15, -0.1) is 10.2 Å². The number of carbonyl (C=O) groups is 1. The highest BCUT2D eigenvalue weighted by Gasteiger charge is 2.17. The maximum absolute atomic E-state index is 12.5. The minimum absolute atomic E-state index is 0.0844. The summed E-state index contributed by atoms with van der Waals surface area (Å²) in [5.74, 6) is 0.829. The van der Waals surface area contributed by atoms with Gasteiger partial charge >= 0.3 is 0 Å². The topological polar surface area (TPSA) is 77.6 Å². The summed E-state index contributed by atoms with van der Waals surface area (Å²) in [6.45, 7) is 2.18. The van der Waals surface area contributed by atoms with Gasteiger partial charge in [-0.2, -0.15) is 0 Å². The number of aromatic nitrogens is 5. The Hall–Kier alpha value is -3.39. The van der Waals surface area contributed by atoms with Crippen molar-refractivity contribution in [1.29, 1.82) is 0 Å². The average molecular weight is 433 g/mol. The van der Waals surface area contributed by atoms with Crippen molar-refractivity contribution >= 4 is 23.4 Å². The van der Waals surface area contributed by atoms with E-state index in [1.165, 1.54) is 30.2 Å². The van der Waals surface area contributed by atoms with Gasteiger partial charge in [-0.25, -0.2) is 4.68 Å². The van der Waals surface area contributed by atoms with E-state index in [-0.39, 0.29) is 11.7 Å². The van der Waals surface area contributed by atoms with Gasteiger partial charge in [-0.1, -0.05) is 37.2 Å². The lowest BCUT2D eigenvalue weighted by atomic mass is 10.1. The zero-order valence-corrected chi connectivity index (χ0v) is 18.1. The van der Waals surface area contributed by atoms with Crippen molar-refractivity contribution in [2.45, 2.75) is 31.3 Å². The molecule has 3 heterocycles. The summed E-state index contributed by atoms with van der Waals surface area (Å²) in [5, 5.41) is 12.3. The van der Waals surface area contributed by atoms with E-state index in [4.69, 9.17) is 0 Å². The molecule has 4 aromatic rings. The number of pyridine rings is 1. The van der Waals surface area contributed by atoms with Crippen LogP contribution < -0.4 is 5.32 Å². The number of anilines is 1. The normalized spacial score (nSPS) is 10.9. The van der Waals surface area contributed by atoms with Crippen molar-refractivity contribution in [3.8, 4) is 11.4 Å². The van der Waals surface area contributed by atoms with Gasteiger partial charge in [0.2, 0.25) is 11.1 Å². The van der Waals surface area contributed by atoms with Crippen molar-refractivity contribution in [2.75, 3.05) is 11.1 Å². The average Bonchev–Trinajstić information content (AvgIpc) is 3.47. The van der Waals surface area contributed by atoms with E-state index in [1.54, 1.807) is 12.4 Å². The lowest BCUT2D eigenvalue weighted by molar-refractivity contribution is -0.113. The molecule has 0 aliphatic rings. The van der Waals surface area contributed by atoms with Crippen LogP contribution in [0.25, 0.3) is 11.4 Å². The second-order valence-electron chi connectivity index (χ2n) is 7.05. The summed E-state index contributed by atoms with van der Waals surface area (Å²) in [6.07, 6.45) is 10.7. The van der Waals surface area contributed by atoms with Gasteiger partial charge in [0.25, 0.3) is 0 Å². The fourth-order valence-corrected chi connectivity index (χ4v) is 3.90. The van der Waals surface area contributed by atoms with Crippen LogP contribution >= 0.6 is 11.8 Å². The van der Waals surface area contributed by atoms with Crippen LogP contribution in [-0.4, -0.2) is 36.2 Å². The summed E-state index contributed by atoms with van der Waals surface area (Å²) >= 11 is 1.34. The Labute approximate surface area is 185 Å². The second-order valence-corrected chi connectivity index (χ2v) is 8.00. The molecule has 0 spiro atoms. The molecule has 0 bridgehead atoms. The van der Waals surface area contributed by atoms with Crippen molar-refractivity contribution in [2.24, 2.45) is 0 Å². The minimum Gasteiger partial charge on any atom is -0.325 e. The number of amides is 1. The van der Waals surface area contributed by atoms with Crippen LogP contribution in [0.1, 0.15) is 25.3 Å². The van der Waals surface area contributed by atoms with Gasteiger partial charge in [0, 0.05) is 36.0 Å². The van der Waals surface area contributed by atoms with E-state index >= 15 is 0 Å². The number of nitrogens with zero attached hydrogens (tertiary/aromatic N) is 5. The second kappa shape index (κ2) is 10.1. The predicted molar refractivity (Wildman–Crippen MR) is 123 cm³/mol. The molecule has 31 heavy (non-hydrogen) atoms. The van der Waals surface area contributed by atoms with Crippen LogP contribution in [0.3, 0.4) is 0 Å². The number of benzene rings is 1. The van der Waals surface area contributed by atoms with Crippen LogP contribution in [0.4, 0.5) is 5.69 Å². The molecular weight excluding hydrogens is 408 g/mol. The van der Waals surface area contributed by atoms with Gasteiger partial charge in [-0.05, 0) is 54.8 Å². The van der Waals surface area contributed by atoms with E-state index in [0.29, 0.717) is 11.0 Å². The van der Waals surface area contributed by atoms with E-state index in [9.17, 15) is 4.79 Å².